The lowest BCUT2D eigenvalue weighted by molar-refractivity contribution is 0.587. The summed E-state index contributed by atoms with van der Waals surface area (Å²) in [5.74, 6) is 1.00. The van der Waals surface area contributed by atoms with E-state index in [1.807, 2.05) is 11.8 Å². The highest BCUT2D eigenvalue weighted by Crippen LogP contribution is 2.24. The molecule has 0 radical (unpaired) electrons. The van der Waals surface area contributed by atoms with Gasteiger partial charge in [-0.1, -0.05) is 18.2 Å². The van der Waals surface area contributed by atoms with Crippen molar-refractivity contribution in [2.75, 3.05) is 5.75 Å². The van der Waals surface area contributed by atoms with Gasteiger partial charge in [0.25, 0.3) is 0 Å². The number of nitrogens with zero attached hydrogens (tertiary/aromatic N) is 1. The van der Waals surface area contributed by atoms with E-state index in [1.165, 1.54) is 23.3 Å². The van der Waals surface area contributed by atoms with Gasteiger partial charge in [0.15, 0.2) is 0 Å². The van der Waals surface area contributed by atoms with E-state index in [1.54, 1.807) is 0 Å². The average Bonchev–Trinajstić information content (AvgIpc) is 3.14. The van der Waals surface area contributed by atoms with Crippen molar-refractivity contribution in [2.45, 2.75) is 43.2 Å². The zero-order valence-corrected chi connectivity index (χ0v) is 11.0. The minimum absolute atomic E-state index is 0.0269. The third kappa shape index (κ3) is 4.07. The number of hydrogen-bond donors (Lipinski definition) is 1. The number of nitriles is 1. The van der Waals surface area contributed by atoms with Gasteiger partial charge in [0.1, 0.15) is 0 Å². The Morgan fingerprint density at radius 1 is 1.47 bits per heavy atom. The van der Waals surface area contributed by atoms with Gasteiger partial charge in [-0.3, -0.25) is 5.32 Å². The third-order valence-corrected chi connectivity index (χ3v) is 4.14. The molecule has 0 amide bonds. The van der Waals surface area contributed by atoms with Gasteiger partial charge in [0, 0.05) is 16.7 Å². The summed E-state index contributed by atoms with van der Waals surface area (Å²) in [5.41, 5.74) is 1.32. The fourth-order valence-electron chi connectivity index (χ4n) is 1.72. The second-order valence-corrected chi connectivity index (χ2v) is 5.66. The predicted molar refractivity (Wildman–Crippen MR) is 72.1 cm³/mol. The van der Waals surface area contributed by atoms with Crippen molar-refractivity contribution >= 4 is 11.8 Å². The number of benzene rings is 1. The number of aryl methyl sites for hydroxylation is 1. The van der Waals surface area contributed by atoms with Crippen LogP contribution in [0.2, 0.25) is 0 Å². The molecule has 0 aliphatic heterocycles. The van der Waals surface area contributed by atoms with Crippen molar-refractivity contribution in [2.24, 2.45) is 0 Å². The molecule has 0 spiro atoms. The highest BCUT2D eigenvalue weighted by atomic mass is 32.2. The zero-order valence-electron chi connectivity index (χ0n) is 10.1. The van der Waals surface area contributed by atoms with Gasteiger partial charge < -0.3 is 0 Å². The molecule has 0 bridgehead atoms. The van der Waals surface area contributed by atoms with Gasteiger partial charge >= 0.3 is 0 Å². The smallest absolute Gasteiger partial charge is 0.0963 e. The van der Waals surface area contributed by atoms with Crippen LogP contribution in [0.5, 0.6) is 0 Å². The first kappa shape index (κ1) is 12.5. The summed E-state index contributed by atoms with van der Waals surface area (Å²) >= 11 is 1.85. The fraction of sp³-hybridized carbons (Fsp3) is 0.500. The highest BCUT2D eigenvalue weighted by Gasteiger charge is 2.24. The number of hydrogen-bond acceptors (Lipinski definition) is 3. The first-order valence-electron chi connectivity index (χ1n) is 6.13. The minimum atomic E-state index is 0.0269. The van der Waals surface area contributed by atoms with E-state index in [9.17, 15) is 0 Å². The zero-order chi connectivity index (χ0) is 12.1. The van der Waals surface area contributed by atoms with E-state index < -0.39 is 0 Å². The van der Waals surface area contributed by atoms with E-state index >= 15 is 0 Å². The molecule has 1 aliphatic rings. The van der Waals surface area contributed by atoms with Crippen LogP contribution >= 0.6 is 11.8 Å². The van der Waals surface area contributed by atoms with Crippen LogP contribution in [-0.2, 0) is 0 Å². The number of nitrogens with one attached hydrogen (secondary N) is 1. The topological polar surface area (TPSA) is 35.8 Å². The fourth-order valence-corrected chi connectivity index (χ4v) is 2.77. The Kier molecular flexibility index (Phi) is 4.47. The Morgan fingerprint density at radius 3 is 2.88 bits per heavy atom. The maximum absolute atomic E-state index is 9.03. The van der Waals surface area contributed by atoms with Crippen molar-refractivity contribution in [3.05, 3.63) is 29.8 Å². The number of thioether (sulfide) groups is 1. The van der Waals surface area contributed by atoms with Gasteiger partial charge in [-0.2, -0.15) is 5.26 Å². The molecule has 1 saturated carbocycles. The summed E-state index contributed by atoms with van der Waals surface area (Å²) in [6.45, 7) is 2.13. The van der Waals surface area contributed by atoms with Gasteiger partial charge in [0.05, 0.1) is 12.1 Å². The van der Waals surface area contributed by atoms with Crippen molar-refractivity contribution in [3.63, 3.8) is 0 Å². The maximum Gasteiger partial charge on any atom is 0.0963 e. The Morgan fingerprint density at radius 2 is 2.24 bits per heavy atom. The molecule has 0 aromatic heterocycles. The normalized spacial score (nSPS) is 16.5. The quantitative estimate of drug-likeness (QED) is 0.783. The Balaban J connectivity index is 1.74. The molecule has 2 rings (SSSR count). The maximum atomic E-state index is 9.03. The molecule has 3 heteroatoms. The summed E-state index contributed by atoms with van der Waals surface area (Å²) in [7, 11) is 0. The Bertz CT molecular complexity index is 407. The lowest BCUT2D eigenvalue weighted by Gasteiger charge is -2.10. The summed E-state index contributed by atoms with van der Waals surface area (Å²) in [6.07, 6.45) is 3.40. The molecule has 1 aliphatic carbocycles. The van der Waals surface area contributed by atoms with Crippen molar-refractivity contribution < 1.29 is 0 Å². The lowest BCUT2D eigenvalue weighted by Crippen LogP contribution is -2.29. The van der Waals surface area contributed by atoms with E-state index in [0.717, 1.165) is 12.2 Å². The predicted octanol–water partition coefficient (Wildman–Crippen LogP) is 3.12. The van der Waals surface area contributed by atoms with Crippen LogP contribution in [0.15, 0.2) is 29.2 Å². The summed E-state index contributed by atoms with van der Waals surface area (Å²) in [4.78, 5) is 1.33. The first-order valence-corrected chi connectivity index (χ1v) is 7.12. The van der Waals surface area contributed by atoms with E-state index in [2.05, 4.69) is 42.6 Å². The molecule has 0 saturated heterocycles. The first-order chi connectivity index (χ1) is 8.29. The number of rotatable bonds is 6. The van der Waals surface area contributed by atoms with Crippen LogP contribution in [0.25, 0.3) is 0 Å². The van der Waals surface area contributed by atoms with Gasteiger partial charge in [-0.15, -0.1) is 11.8 Å². The van der Waals surface area contributed by atoms with Gasteiger partial charge in [-0.25, -0.2) is 0 Å². The largest absolute Gasteiger partial charge is 0.299 e. The standard InChI is InChI=1S/C14H18N2S/c1-11-4-2-3-5-14(11)17-9-8-13(10-15)16-12-6-7-12/h2-5,12-13,16H,6-9H2,1H3. The molecule has 1 aromatic rings. The second-order valence-electron chi connectivity index (χ2n) is 4.53. The molecule has 0 heterocycles. The molecule has 90 valence electrons. The molecular weight excluding hydrogens is 228 g/mol. The molecule has 1 aromatic carbocycles. The van der Waals surface area contributed by atoms with Gasteiger partial charge in [0.2, 0.25) is 0 Å². The van der Waals surface area contributed by atoms with Crippen LogP contribution in [0.3, 0.4) is 0 Å². The SMILES string of the molecule is Cc1ccccc1SCCC(C#N)NC1CC1. The molecule has 1 atom stereocenters. The summed E-state index contributed by atoms with van der Waals surface area (Å²) in [6, 6.07) is 11.4. The summed E-state index contributed by atoms with van der Waals surface area (Å²) in [5, 5.41) is 12.4. The van der Waals surface area contributed by atoms with Crippen molar-refractivity contribution in [1.29, 1.82) is 5.26 Å². The van der Waals surface area contributed by atoms with E-state index in [4.69, 9.17) is 5.26 Å². The molecule has 1 unspecified atom stereocenters. The third-order valence-electron chi connectivity index (χ3n) is 2.93. The second kappa shape index (κ2) is 6.09. The van der Waals surface area contributed by atoms with E-state index in [-0.39, 0.29) is 6.04 Å². The van der Waals surface area contributed by atoms with E-state index in [0.29, 0.717) is 6.04 Å². The van der Waals surface area contributed by atoms with Gasteiger partial charge in [-0.05, 0) is 37.8 Å². The minimum Gasteiger partial charge on any atom is -0.299 e. The summed E-state index contributed by atoms with van der Waals surface area (Å²) < 4.78 is 0. The Labute approximate surface area is 107 Å². The Hall–Kier alpha value is -0.980. The van der Waals surface area contributed by atoms with Crippen LogP contribution in [0.1, 0.15) is 24.8 Å². The lowest BCUT2D eigenvalue weighted by atomic mass is 10.2. The average molecular weight is 246 g/mol. The molecule has 1 N–H and O–H groups in total. The van der Waals surface area contributed by atoms with Crippen molar-refractivity contribution in [1.82, 2.24) is 5.32 Å². The van der Waals surface area contributed by atoms with Crippen LogP contribution < -0.4 is 5.32 Å². The van der Waals surface area contributed by atoms with Crippen LogP contribution in [-0.4, -0.2) is 17.8 Å². The molecule has 17 heavy (non-hydrogen) atoms. The van der Waals surface area contributed by atoms with Crippen LogP contribution in [0.4, 0.5) is 0 Å². The molecule has 2 nitrogen and oxygen atoms in total. The monoisotopic (exact) mass is 246 g/mol. The van der Waals surface area contributed by atoms with Crippen molar-refractivity contribution in [3.8, 4) is 6.07 Å². The molecular formula is C14H18N2S. The molecule has 1 fully saturated rings. The van der Waals surface area contributed by atoms with Crippen LogP contribution in [0, 0.1) is 18.3 Å². The highest BCUT2D eigenvalue weighted by molar-refractivity contribution is 7.99.